The summed E-state index contributed by atoms with van der Waals surface area (Å²) in [5.41, 5.74) is 6.77. The van der Waals surface area contributed by atoms with Gasteiger partial charge < -0.3 is 5.73 Å². The van der Waals surface area contributed by atoms with Crippen molar-refractivity contribution >= 4 is 22.4 Å². The van der Waals surface area contributed by atoms with Crippen LogP contribution in [0.25, 0.3) is 0 Å². The number of nitrogens with two attached hydrogens (primary N) is 1. The molecular weight excluding hydrogens is 308 g/mol. The summed E-state index contributed by atoms with van der Waals surface area (Å²) >= 11 is 0. The van der Waals surface area contributed by atoms with E-state index in [0.717, 1.165) is 12.0 Å². The molecule has 0 radical (unpaired) electrons. The maximum atomic E-state index is 12.3. The number of hydrogen-bond donors (Lipinski definition) is 2. The second-order valence-electron chi connectivity index (χ2n) is 5.91. The number of rotatable bonds is 7. The summed E-state index contributed by atoms with van der Waals surface area (Å²) in [5, 5.41) is 0. The van der Waals surface area contributed by atoms with Gasteiger partial charge in [0.15, 0.2) is 0 Å². The number of nitrogens with one attached hydrogen (secondary N) is 1. The van der Waals surface area contributed by atoms with Gasteiger partial charge in [0.05, 0.1) is 4.90 Å². The molecule has 1 unspecified atom stereocenters. The second-order valence-corrected chi connectivity index (χ2v) is 7.62. The van der Waals surface area contributed by atoms with Crippen LogP contribution in [0.1, 0.15) is 45.6 Å². The van der Waals surface area contributed by atoms with Crippen molar-refractivity contribution in [3.63, 3.8) is 0 Å². The highest BCUT2D eigenvalue weighted by atomic mass is 35.5. The molecule has 6 heteroatoms. The van der Waals surface area contributed by atoms with E-state index in [-0.39, 0.29) is 18.4 Å². The van der Waals surface area contributed by atoms with Crippen LogP contribution in [0.2, 0.25) is 0 Å². The van der Waals surface area contributed by atoms with E-state index in [9.17, 15) is 8.42 Å². The van der Waals surface area contributed by atoms with Crippen molar-refractivity contribution in [2.75, 3.05) is 6.54 Å². The molecule has 0 bridgehead atoms. The molecule has 1 atom stereocenters. The van der Waals surface area contributed by atoms with Crippen LogP contribution in [0, 0.1) is 5.92 Å². The van der Waals surface area contributed by atoms with Crippen LogP contribution in [0.4, 0.5) is 0 Å². The molecule has 0 aliphatic carbocycles. The normalized spacial score (nSPS) is 13.3. The van der Waals surface area contributed by atoms with Crippen molar-refractivity contribution in [1.29, 1.82) is 0 Å². The summed E-state index contributed by atoms with van der Waals surface area (Å²) < 4.78 is 27.3. The molecule has 21 heavy (non-hydrogen) atoms. The first-order chi connectivity index (χ1) is 9.26. The summed E-state index contributed by atoms with van der Waals surface area (Å²) in [6, 6.07) is 6.81. The van der Waals surface area contributed by atoms with Crippen molar-refractivity contribution < 1.29 is 8.42 Å². The Kier molecular flexibility index (Phi) is 8.48. The molecule has 4 nitrogen and oxygen atoms in total. The van der Waals surface area contributed by atoms with E-state index in [2.05, 4.69) is 18.6 Å². The van der Waals surface area contributed by atoms with Crippen molar-refractivity contribution in [2.45, 2.75) is 51.0 Å². The van der Waals surface area contributed by atoms with Crippen molar-refractivity contribution in [3.8, 4) is 0 Å². The lowest BCUT2D eigenvalue weighted by Crippen LogP contribution is -2.40. The first-order valence-corrected chi connectivity index (χ1v) is 8.57. The first-order valence-electron chi connectivity index (χ1n) is 7.08. The Morgan fingerprint density at radius 2 is 1.62 bits per heavy atom. The van der Waals surface area contributed by atoms with Crippen LogP contribution >= 0.6 is 12.4 Å². The van der Waals surface area contributed by atoms with Crippen LogP contribution in [0.5, 0.6) is 0 Å². The van der Waals surface area contributed by atoms with Gasteiger partial charge in [0.2, 0.25) is 10.0 Å². The van der Waals surface area contributed by atoms with Gasteiger partial charge in [-0.3, -0.25) is 0 Å². The fourth-order valence-corrected chi connectivity index (χ4v) is 3.34. The van der Waals surface area contributed by atoms with Crippen LogP contribution in [0.3, 0.4) is 0 Å². The molecule has 0 fully saturated rings. The zero-order chi connectivity index (χ0) is 15.3. The first kappa shape index (κ1) is 20.4. The molecule has 122 valence electrons. The predicted octanol–water partition coefficient (Wildman–Crippen LogP) is 2.88. The predicted molar refractivity (Wildman–Crippen MR) is 90.4 cm³/mol. The summed E-state index contributed by atoms with van der Waals surface area (Å²) in [6.07, 6.45) is 0.736. The van der Waals surface area contributed by atoms with E-state index in [0.29, 0.717) is 23.3 Å². The summed E-state index contributed by atoms with van der Waals surface area (Å²) in [4.78, 5) is 0.295. The van der Waals surface area contributed by atoms with Gasteiger partial charge in [0.1, 0.15) is 0 Å². The lowest BCUT2D eigenvalue weighted by molar-refractivity contribution is 0.465. The smallest absolute Gasteiger partial charge is 0.240 e. The zero-order valence-electron chi connectivity index (χ0n) is 13.2. The Labute approximate surface area is 135 Å². The molecule has 0 spiro atoms. The average molecular weight is 335 g/mol. The Balaban J connectivity index is 0.00000400. The van der Waals surface area contributed by atoms with Gasteiger partial charge in [-0.25, -0.2) is 13.1 Å². The van der Waals surface area contributed by atoms with Gasteiger partial charge in [-0.15, -0.1) is 12.4 Å². The van der Waals surface area contributed by atoms with E-state index < -0.39 is 10.0 Å². The Bertz CT molecular complexity index is 513. The zero-order valence-corrected chi connectivity index (χ0v) is 14.8. The molecule has 0 saturated heterocycles. The number of hydrogen-bond acceptors (Lipinski definition) is 3. The van der Waals surface area contributed by atoms with E-state index >= 15 is 0 Å². The van der Waals surface area contributed by atoms with Crippen LogP contribution in [0.15, 0.2) is 29.2 Å². The number of benzene rings is 1. The van der Waals surface area contributed by atoms with Crippen molar-refractivity contribution in [2.24, 2.45) is 11.7 Å². The minimum atomic E-state index is -3.49. The third-order valence-electron chi connectivity index (χ3n) is 3.22. The van der Waals surface area contributed by atoms with Crippen LogP contribution in [-0.2, 0) is 10.0 Å². The van der Waals surface area contributed by atoms with Crippen LogP contribution < -0.4 is 10.5 Å². The van der Waals surface area contributed by atoms with Gasteiger partial charge in [-0.1, -0.05) is 39.8 Å². The highest BCUT2D eigenvalue weighted by Crippen LogP contribution is 2.18. The third-order valence-corrected chi connectivity index (χ3v) is 4.76. The SMILES string of the molecule is CC(C)CC(CN)NS(=O)(=O)c1ccc(C(C)C)cc1.Cl. The van der Waals surface area contributed by atoms with Gasteiger partial charge in [0.25, 0.3) is 0 Å². The van der Waals surface area contributed by atoms with E-state index in [1.54, 1.807) is 12.1 Å². The fraction of sp³-hybridized carbons (Fsp3) is 0.600. The van der Waals surface area contributed by atoms with Gasteiger partial charge in [-0.05, 0) is 36.0 Å². The topological polar surface area (TPSA) is 72.2 Å². The Morgan fingerprint density at radius 1 is 1.10 bits per heavy atom. The maximum absolute atomic E-state index is 12.3. The number of halogens is 1. The molecule has 0 aliphatic heterocycles. The molecule has 0 aromatic heterocycles. The summed E-state index contributed by atoms with van der Waals surface area (Å²) in [5.74, 6) is 0.784. The second kappa shape index (κ2) is 8.73. The quantitative estimate of drug-likeness (QED) is 0.805. The number of sulfonamides is 1. The third kappa shape index (κ3) is 6.34. The molecule has 1 rings (SSSR count). The lowest BCUT2D eigenvalue weighted by Gasteiger charge is -2.19. The fourth-order valence-electron chi connectivity index (χ4n) is 2.08. The Morgan fingerprint density at radius 3 is 2.00 bits per heavy atom. The van der Waals surface area contributed by atoms with Gasteiger partial charge >= 0.3 is 0 Å². The molecule has 0 aliphatic rings. The summed E-state index contributed by atoms with van der Waals surface area (Å²) in [6.45, 7) is 8.56. The highest BCUT2D eigenvalue weighted by molar-refractivity contribution is 7.89. The van der Waals surface area contributed by atoms with E-state index in [4.69, 9.17) is 5.73 Å². The van der Waals surface area contributed by atoms with Gasteiger partial charge in [-0.2, -0.15) is 0 Å². The molecule has 1 aromatic carbocycles. The van der Waals surface area contributed by atoms with E-state index in [1.165, 1.54) is 0 Å². The standard InChI is InChI=1S/C15H26N2O2S.ClH/c1-11(2)9-14(10-16)17-20(18,19)15-7-5-13(6-8-15)12(3)4;/h5-8,11-12,14,17H,9-10,16H2,1-4H3;1H. The highest BCUT2D eigenvalue weighted by Gasteiger charge is 2.20. The molecule has 1 aromatic rings. The molecule has 0 saturated carbocycles. The molecule has 0 heterocycles. The maximum Gasteiger partial charge on any atom is 0.240 e. The lowest BCUT2D eigenvalue weighted by atomic mass is 10.0. The molecule has 3 N–H and O–H groups in total. The van der Waals surface area contributed by atoms with Gasteiger partial charge in [0, 0.05) is 12.6 Å². The largest absolute Gasteiger partial charge is 0.329 e. The molecule has 0 amide bonds. The minimum Gasteiger partial charge on any atom is -0.329 e. The van der Waals surface area contributed by atoms with Crippen molar-refractivity contribution in [1.82, 2.24) is 4.72 Å². The minimum absolute atomic E-state index is 0. The van der Waals surface area contributed by atoms with Crippen LogP contribution in [-0.4, -0.2) is 21.0 Å². The van der Waals surface area contributed by atoms with E-state index in [1.807, 2.05) is 26.0 Å². The monoisotopic (exact) mass is 334 g/mol. The Hall–Kier alpha value is -0.620. The average Bonchev–Trinajstić information content (AvgIpc) is 2.37. The summed E-state index contributed by atoms with van der Waals surface area (Å²) in [7, 11) is -3.49. The molecular formula is C15H27ClN2O2S. The van der Waals surface area contributed by atoms with Crippen molar-refractivity contribution in [3.05, 3.63) is 29.8 Å².